The van der Waals surface area contributed by atoms with Gasteiger partial charge >= 0.3 is 0 Å². The molecule has 9 nitrogen and oxygen atoms in total. The van der Waals surface area contributed by atoms with Gasteiger partial charge in [0.15, 0.2) is 0 Å². The van der Waals surface area contributed by atoms with Crippen molar-refractivity contribution >= 4 is 17.7 Å². The summed E-state index contributed by atoms with van der Waals surface area (Å²) in [5, 5.41) is 5.73. The fourth-order valence-electron chi connectivity index (χ4n) is 6.23. The van der Waals surface area contributed by atoms with Crippen molar-refractivity contribution in [2.75, 3.05) is 52.4 Å². The minimum Gasteiger partial charge on any atom is -0.377 e. The molecule has 4 aliphatic heterocycles. The van der Waals surface area contributed by atoms with E-state index in [2.05, 4.69) is 56.5 Å². The number of carbonyl (C=O) groups is 3. The maximum Gasteiger partial charge on any atom is 0.255 e. The standard InChI is InChI=1S/C33H39N5O4/c39-31-10-9-30(32(40)35-31)38-23-27-21-25(7-8-29(27)33(38)41)4-1-24-2-5-26(6-3-24)22-37-17-15-36(16-18-37)19-20-42-28-11-13-34-14-12-28/h2-3,5-8,21,28,30,34H,9-20,22-23H2,(H,35,39,40). The van der Waals surface area contributed by atoms with Crippen LogP contribution in [0.4, 0.5) is 0 Å². The van der Waals surface area contributed by atoms with Crippen LogP contribution >= 0.6 is 0 Å². The number of ether oxygens (including phenoxy) is 1. The molecule has 0 aliphatic carbocycles. The third-order valence-electron chi connectivity index (χ3n) is 8.75. The Morgan fingerprint density at radius 1 is 0.857 bits per heavy atom. The Labute approximate surface area is 247 Å². The number of nitrogens with zero attached hydrogens (tertiary/aromatic N) is 3. The molecule has 9 heteroatoms. The first-order valence-electron chi connectivity index (χ1n) is 15.2. The Morgan fingerprint density at radius 3 is 2.33 bits per heavy atom. The van der Waals surface area contributed by atoms with Crippen LogP contribution in [0.3, 0.4) is 0 Å². The normalized spacial score (nSPS) is 22.0. The summed E-state index contributed by atoms with van der Waals surface area (Å²) in [5.41, 5.74) is 4.52. The number of imide groups is 1. The van der Waals surface area contributed by atoms with Crippen molar-refractivity contribution < 1.29 is 19.1 Å². The fraction of sp³-hybridized carbons (Fsp3) is 0.485. The topological polar surface area (TPSA) is 94.2 Å². The van der Waals surface area contributed by atoms with Gasteiger partial charge in [0.25, 0.3) is 5.91 Å². The molecular formula is C33H39N5O4. The average molecular weight is 570 g/mol. The quantitative estimate of drug-likeness (QED) is 0.388. The van der Waals surface area contributed by atoms with E-state index >= 15 is 0 Å². The summed E-state index contributed by atoms with van der Waals surface area (Å²) < 4.78 is 6.08. The molecule has 3 fully saturated rings. The highest BCUT2D eigenvalue weighted by atomic mass is 16.5. The van der Waals surface area contributed by atoms with Crippen LogP contribution < -0.4 is 10.6 Å². The molecule has 6 rings (SSSR count). The lowest BCUT2D eigenvalue weighted by molar-refractivity contribution is -0.136. The van der Waals surface area contributed by atoms with Crippen molar-refractivity contribution in [2.45, 2.75) is 50.9 Å². The molecule has 42 heavy (non-hydrogen) atoms. The summed E-state index contributed by atoms with van der Waals surface area (Å²) in [6.45, 7) is 9.58. The zero-order valence-corrected chi connectivity index (χ0v) is 24.1. The van der Waals surface area contributed by atoms with E-state index in [4.69, 9.17) is 4.74 Å². The number of benzene rings is 2. The van der Waals surface area contributed by atoms with Crippen LogP contribution in [0.25, 0.3) is 0 Å². The molecule has 3 amide bonds. The van der Waals surface area contributed by atoms with Crippen LogP contribution in [0.2, 0.25) is 0 Å². The van der Waals surface area contributed by atoms with Gasteiger partial charge in [-0.15, -0.1) is 0 Å². The molecule has 0 aromatic heterocycles. The van der Waals surface area contributed by atoms with Gasteiger partial charge in [-0.2, -0.15) is 0 Å². The van der Waals surface area contributed by atoms with Crippen LogP contribution in [0.5, 0.6) is 0 Å². The van der Waals surface area contributed by atoms with Crippen molar-refractivity contribution in [1.29, 1.82) is 0 Å². The molecule has 3 saturated heterocycles. The van der Waals surface area contributed by atoms with E-state index in [1.54, 1.807) is 11.0 Å². The molecule has 1 atom stereocenters. The van der Waals surface area contributed by atoms with Gasteiger partial charge in [0, 0.05) is 68.9 Å². The lowest BCUT2D eigenvalue weighted by Crippen LogP contribution is -2.52. The van der Waals surface area contributed by atoms with E-state index in [1.807, 2.05) is 12.1 Å². The first-order chi connectivity index (χ1) is 20.5. The maximum atomic E-state index is 12.9. The van der Waals surface area contributed by atoms with Gasteiger partial charge < -0.3 is 15.0 Å². The number of amides is 3. The molecular weight excluding hydrogens is 530 g/mol. The highest BCUT2D eigenvalue weighted by Gasteiger charge is 2.39. The highest BCUT2D eigenvalue weighted by molar-refractivity contribution is 6.05. The van der Waals surface area contributed by atoms with Crippen molar-refractivity contribution in [3.8, 4) is 11.8 Å². The van der Waals surface area contributed by atoms with E-state index in [9.17, 15) is 14.4 Å². The Kier molecular flexibility index (Phi) is 8.96. The van der Waals surface area contributed by atoms with Crippen molar-refractivity contribution in [3.05, 3.63) is 70.3 Å². The zero-order chi connectivity index (χ0) is 28.9. The molecule has 0 radical (unpaired) electrons. The lowest BCUT2D eigenvalue weighted by atomic mass is 10.0. The first kappa shape index (κ1) is 28.6. The predicted molar refractivity (Wildman–Crippen MR) is 158 cm³/mol. The van der Waals surface area contributed by atoms with Crippen molar-refractivity contribution in [2.24, 2.45) is 0 Å². The van der Waals surface area contributed by atoms with Gasteiger partial charge in [0.2, 0.25) is 11.8 Å². The van der Waals surface area contributed by atoms with E-state index in [0.717, 1.165) is 88.5 Å². The number of hydrogen-bond donors (Lipinski definition) is 2. The number of piperazine rings is 1. The first-order valence-corrected chi connectivity index (χ1v) is 15.2. The molecule has 0 bridgehead atoms. The Hall–Kier alpha value is -3.55. The lowest BCUT2D eigenvalue weighted by Gasteiger charge is -2.35. The monoisotopic (exact) mass is 569 g/mol. The summed E-state index contributed by atoms with van der Waals surface area (Å²) in [6, 6.07) is 13.4. The number of nitrogens with one attached hydrogen (secondary N) is 2. The van der Waals surface area contributed by atoms with Crippen LogP contribution in [0, 0.1) is 11.8 Å². The average Bonchev–Trinajstić information content (AvgIpc) is 3.33. The summed E-state index contributed by atoms with van der Waals surface area (Å²) >= 11 is 0. The molecule has 4 aliphatic rings. The van der Waals surface area contributed by atoms with Crippen molar-refractivity contribution in [1.82, 2.24) is 25.3 Å². The fourth-order valence-corrected chi connectivity index (χ4v) is 6.23. The number of hydrogen-bond acceptors (Lipinski definition) is 7. The van der Waals surface area contributed by atoms with Crippen LogP contribution in [0.1, 0.15) is 58.3 Å². The largest absolute Gasteiger partial charge is 0.377 e. The summed E-state index contributed by atoms with van der Waals surface area (Å²) in [4.78, 5) is 43.3. The highest BCUT2D eigenvalue weighted by Crippen LogP contribution is 2.28. The Balaban J connectivity index is 0.969. The van der Waals surface area contributed by atoms with Crippen LogP contribution in [-0.4, -0.2) is 97.0 Å². The summed E-state index contributed by atoms with van der Waals surface area (Å²) in [5.74, 6) is 5.62. The van der Waals surface area contributed by atoms with E-state index in [1.165, 1.54) is 5.56 Å². The second-order valence-corrected chi connectivity index (χ2v) is 11.7. The SMILES string of the molecule is O=C1CCC(N2Cc3cc(C#Cc4ccc(CN5CCN(CCOC6CCNCC6)CC5)cc4)ccc3C2=O)C(=O)N1. The molecule has 1 unspecified atom stereocenters. The van der Waals surface area contributed by atoms with Crippen molar-refractivity contribution in [3.63, 3.8) is 0 Å². The van der Waals surface area contributed by atoms with Gasteiger partial charge in [-0.3, -0.25) is 29.5 Å². The Morgan fingerprint density at radius 2 is 1.57 bits per heavy atom. The minimum atomic E-state index is -0.608. The third kappa shape index (κ3) is 6.90. The summed E-state index contributed by atoms with van der Waals surface area (Å²) in [6.07, 6.45) is 3.29. The van der Waals surface area contributed by atoms with Gasteiger partial charge in [-0.05, 0) is 73.8 Å². The molecule has 0 spiro atoms. The molecule has 4 heterocycles. The predicted octanol–water partition coefficient (Wildman–Crippen LogP) is 1.73. The smallest absolute Gasteiger partial charge is 0.255 e. The molecule has 2 N–H and O–H groups in total. The summed E-state index contributed by atoms with van der Waals surface area (Å²) in [7, 11) is 0. The number of carbonyl (C=O) groups excluding carboxylic acids is 3. The maximum absolute atomic E-state index is 12.9. The molecule has 220 valence electrons. The second-order valence-electron chi connectivity index (χ2n) is 11.7. The number of rotatable bonds is 7. The Bertz CT molecular complexity index is 1370. The van der Waals surface area contributed by atoms with E-state index in [0.29, 0.717) is 24.6 Å². The van der Waals surface area contributed by atoms with Crippen LogP contribution in [-0.2, 0) is 27.4 Å². The zero-order valence-electron chi connectivity index (χ0n) is 24.1. The number of piperidine rings is 2. The molecule has 0 saturated carbocycles. The van der Waals surface area contributed by atoms with Gasteiger partial charge in [0.1, 0.15) is 6.04 Å². The molecule has 2 aromatic carbocycles. The van der Waals surface area contributed by atoms with Crippen LogP contribution in [0.15, 0.2) is 42.5 Å². The van der Waals surface area contributed by atoms with Gasteiger partial charge in [0.05, 0.1) is 12.7 Å². The van der Waals surface area contributed by atoms with E-state index < -0.39 is 11.9 Å². The van der Waals surface area contributed by atoms with Gasteiger partial charge in [-0.25, -0.2) is 0 Å². The molecule has 2 aromatic rings. The number of fused-ring (bicyclic) bond motifs is 1. The minimum absolute atomic E-state index is 0.169. The van der Waals surface area contributed by atoms with Gasteiger partial charge in [-0.1, -0.05) is 24.0 Å². The third-order valence-corrected chi connectivity index (χ3v) is 8.75. The van der Waals surface area contributed by atoms with E-state index in [-0.39, 0.29) is 18.2 Å². The second kappa shape index (κ2) is 13.2.